The molecule has 1 aliphatic heterocycles. The minimum absolute atomic E-state index is 0.0277. The summed E-state index contributed by atoms with van der Waals surface area (Å²) in [6.07, 6.45) is 4.60. The Morgan fingerprint density at radius 3 is 2.70 bits per heavy atom. The topological polar surface area (TPSA) is 71.5 Å². The van der Waals surface area contributed by atoms with Crippen LogP contribution in [0.5, 0.6) is 5.75 Å². The number of ether oxygens (including phenoxy) is 1. The number of aromatic nitrogens is 1. The molecule has 0 spiro atoms. The molecule has 1 aromatic carbocycles. The summed E-state index contributed by atoms with van der Waals surface area (Å²) < 4.78 is 5.27. The summed E-state index contributed by atoms with van der Waals surface area (Å²) in [7, 11) is 1.58. The van der Waals surface area contributed by atoms with Crippen LogP contribution in [0.1, 0.15) is 23.5 Å². The number of benzene rings is 1. The normalized spacial score (nSPS) is 15.1. The van der Waals surface area contributed by atoms with Gasteiger partial charge in [0.25, 0.3) is 0 Å². The summed E-state index contributed by atoms with van der Waals surface area (Å²) in [6, 6.07) is 7.35. The van der Waals surface area contributed by atoms with Gasteiger partial charge in [-0.15, -0.1) is 11.3 Å². The van der Waals surface area contributed by atoms with Crippen molar-refractivity contribution in [3.8, 4) is 5.75 Å². The van der Waals surface area contributed by atoms with E-state index >= 15 is 0 Å². The van der Waals surface area contributed by atoms with Gasteiger partial charge in [-0.05, 0) is 38.0 Å². The molecule has 7 heteroatoms. The van der Waals surface area contributed by atoms with Gasteiger partial charge in [0.15, 0.2) is 0 Å². The number of carbonyl (C=O) groups excluding carboxylic acids is 2. The fourth-order valence-electron chi connectivity index (χ4n) is 3.06. The van der Waals surface area contributed by atoms with Gasteiger partial charge in [0.05, 0.1) is 23.5 Å². The lowest BCUT2D eigenvalue weighted by Crippen LogP contribution is -2.40. The molecular formula is C20H23N3O3S. The number of rotatable bonds is 5. The highest BCUT2D eigenvalue weighted by Crippen LogP contribution is 2.26. The standard InChI is InChI=1S/C20H23N3O3S/c1-14-21-16(13-27-14)7-8-19(24)23-11-9-15(10-12-23)20(25)22-17-5-3-4-6-18(17)26-2/h3-8,13,15H,9-12H2,1-2H3,(H,22,25)/b8-7+. The second-order valence-electron chi connectivity index (χ2n) is 6.41. The van der Waals surface area contributed by atoms with Gasteiger partial charge < -0.3 is 15.0 Å². The highest BCUT2D eigenvalue weighted by atomic mass is 32.1. The summed E-state index contributed by atoms with van der Waals surface area (Å²) in [6.45, 7) is 3.08. The molecule has 0 aliphatic carbocycles. The maximum Gasteiger partial charge on any atom is 0.246 e. The molecule has 0 atom stereocenters. The van der Waals surface area contributed by atoms with Crippen molar-refractivity contribution in [2.24, 2.45) is 5.92 Å². The van der Waals surface area contributed by atoms with Crippen LogP contribution in [0.15, 0.2) is 35.7 Å². The summed E-state index contributed by atoms with van der Waals surface area (Å²) in [5.41, 5.74) is 1.47. The number of methoxy groups -OCH3 is 1. The molecule has 0 bridgehead atoms. The molecule has 1 aromatic heterocycles. The second kappa shape index (κ2) is 8.81. The van der Waals surface area contributed by atoms with Crippen LogP contribution >= 0.6 is 11.3 Å². The van der Waals surface area contributed by atoms with Crippen LogP contribution in [0.25, 0.3) is 6.08 Å². The summed E-state index contributed by atoms with van der Waals surface area (Å²) in [5.74, 6) is 0.467. The molecule has 3 rings (SSSR count). The Morgan fingerprint density at radius 1 is 1.30 bits per heavy atom. The van der Waals surface area contributed by atoms with Crippen LogP contribution < -0.4 is 10.1 Å². The van der Waals surface area contributed by atoms with Gasteiger partial charge in [-0.1, -0.05) is 12.1 Å². The van der Waals surface area contributed by atoms with E-state index in [1.807, 2.05) is 36.6 Å². The summed E-state index contributed by atoms with van der Waals surface area (Å²) in [5, 5.41) is 5.84. The first kappa shape index (κ1) is 19.1. The molecule has 1 saturated heterocycles. The average Bonchev–Trinajstić information content (AvgIpc) is 3.12. The molecule has 0 saturated carbocycles. The van der Waals surface area contributed by atoms with Crippen molar-refractivity contribution >= 4 is 34.9 Å². The van der Waals surface area contributed by atoms with Gasteiger partial charge in [-0.2, -0.15) is 0 Å². The van der Waals surface area contributed by atoms with E-state index in [2.05, 4.69) is 10.3 Å². The van der Waals surface area contributed by atoms with Crippen LogP contribution in [0.3, 0.4) is 0 Å². The first-order valence-electron chi connectivity index (χ1n) is 8.90. The Kier molecular flexibility index (Phi) is 6.24. The maximum absolute atomic E-state index is 12.5. The van der Waals surface area contributed by atoms with Crippen LogP contribution in [-0.4, -0.2) is 41.9 Å². The molecule has 142 valence electrons. The SMILES string of the molecule is COc1ccccc1NC(=O)C1CCN(C(=O)/C=C/c2csc(C)n2)CC1. The molecule has 2 amide bonds. The molecule has 0 radical (unpaired) electrons. The Labute approximate surface area is 162 Å². The lowest BCUT2D eigenvalue weighted by molar-refractivity contribution is -0.130. The van der Waals surface area contributed by atoms with Crippen molar-refractivity contribution in [3.05, 3.63) is 46.4 Å². The van der Waals surface area contributed by atoms with E-state index in [1.54, 1.807) is 35.5 Å². The van der Waals surface area contributed by atoms with E-state index in [9.17, 15) is 9.59 Å². The Bertz CT molecular complexity index is 839. The van der Waals surface area contributed by atoms with E-state index in [1.165, 1.54) is 0 Å². The zero-order chi connectivity index (χ0) is 19.2. The molecule has 1 aliphatic rings. The van der Waals surface area contributed by atoms with Crippen LogP contribution in [0.2, 0.25) is 0 Å². The zero-order valence-corrected chi connectivity index (χ0v) is 16.3. The minimum atomic E-state index is -0.107. The van der Waals surface area contributed by atoms with Crippen molar-refractivity contribution in [1.82, 2.24) is 9.88 Å². The lowest BCUT2D eigenvalue weighted by atomic mass is 9.95. The van der Waals surface area contributed by atoms with Crippen LogP contribution in [0, 0.1) is 12.8 Å². The number of carbonyl (C=O) groups is 2. The van der Waals surface area contributed by atoms with Crippen molar-refractivity contribution in [3.63, 3.8) is 0 Å². The fourth-order valence-corrected chi connectivity index (χ4v) is 3.64. The van der Waals surface area contributed by atoms with Crippen LogP contribution in [0.4, 0.5) is 5.69 Å². The molecule has 27 heavy (non-hydrogen) atoms. The fraction of sp³-hybridized carbons (Fsp3) is 0.350. The average molecular weight is 385 g/mol. The van der Waals surface area contributed by atoms with Gasteiger partial charge in [-0.25, -0.2) is 4.98 Å². The largest absolute Gasteiger partial charge is 0.495 e. The highest BCUT2D eigenvalue weighted by molar-refractivity contribution is 7.09. The van der Waals surface area contributed by atoms with Crippen molar-refractivity contribution in [2.75, 3.05) is 25.5 Å². The molecule has 1 N–H and O–H groups in total. The number of hydrogen-bond donors (Lipinski definition) is 1. The first-order valence-corrected chi connectivity index (χ1v) is 9.78. The van der Waals surface area contributed by atoms with E-state index in [0.29, 0.717) is 37.4 Å². The van der Waals surface area contributed by atoms with Crippen molar-refractivity contribution in [2.45, 2.75) is 19.8 Å². The Balaban J connectivity index is 1.51. The third-order valence-corrected chi connectivity index (χ3v) is 5.37. The Hall–Kier alpha value is -2.67. The second-order valence-corrected chi connectivity index (χ2v) is 7.48. The van der Waals surface area contributed by atoms with Crippen LogP contribution in [-0.2, 0) is 9.59 Å². The lowest BCUT2D eigenvalue weighted by Gasteiger charge is -2.30. The number of aryl methyl sites for hydroxylation is 1. The minimum Gasteiger partial charge on any atom is -0.495 e. The number of anilines is 1. The third kappa shape index (κ3) is 4.95. The predicted octanol–water partition coefficient (Wildman–Crippen LogP) is 3.35. The van der Waals surface area contributed by atoms with E-state index in [4.69, 9.17) is 4.74 Å². The highest BCUT2D eigenvalue weighted by Gasteiger charge is 2.27. The number of nitrogens with one attached hydrogen (secondary N) is 1. The van der Waals surface area contributed by atoms with Crippen molar-refractivity contribution in [1.29, 1.82) is 0 Å². The monoisotopic (exact) mass is 385 g/mol. The van der Waals surface area contributed by atoms with Crippen molar-refractivity contribution < 1.29 is 14.3 Å². The molecular weight excluding hydrogens is 362 g/mol. The first-order chi connectivity index (χ1) is 13.1. The van der Waals surface area contributed by atoms with Gasteiger partial charge in [0, 0.05) is 30.5 Å². The quantitative estimate of drug-likeness (QED) is 0.801. The van der Waals surface area contributed by atoms with Gasteiger partial charge in [0.1, 0.15) is 5.75 Å². The van der Waals surface area contributed by atoms with Gasteiger partial charge >= 0.3 is 0 Å². The number of para-hydroxylation sites is 2. The number of piperidine rings is 1. The van der Waals surface area contributed by atoms with Gasteiger partial charge in [0.2, 0.25) is 11.8 Å². The summed E-state index contributed by atoms with van der Waals surface area (Å²) >= 11 is 1.56. The number of amides is 2. The smallest absolute Gasteiger partial charge is 0.246 e. The number of thiazole rings is 1. The van der Waals surface area contributed by atoms with E-state index in [-0.39, 0.29) is 17.7 Å². The molecule has 2 aromatic rings. The number of likely N-dealkylation sites (tertiary alicyclic amines) is 1. The molecule has 2 heterocycles. The zero-order valence-electron chi connectivity index (χ0n) is 15.5. The van der Waals surface area contributed by atoms with Gasteiger partial charge in [-0.3, -0.25) is 9.59 Å². The predicted molar refractivity (Wildman–Crippen MR) is 107 cm³/mol. The van der Waals surface area contributed by atoms with E-state index in [0.717, 1.165) is 10.7 Å². The molecule has 1 fully saturated rings. The Morgan fingerprint density at radius 2 is 2.04 bits per heavy atom. The number of nitrogens with zero attached hydrogens (tertiary/aromatic N) is 2. The number of hydrogen-bond acceptors (Lipinski definition) is 5. The van der Waals surface area contributed by atoms with E-state index < -0.39 is 0 Å². The molecule has 0 unspecified atom stereocenters. The molecule has 6 nitrogen and oxygen atoms in total. The maximum atomic E-state index is 12.5. The summed E-state index contributed by atoms with van der Waals surface area (Å²) in [4.78, 5) is 31.0. The third-order valence-electron chi connectivity index (χ3n) is 4.58.